The number of carbonyl (C=O) groups excluding carboxylic acids is 1. The summed E-state index contributed by atoms with van der Waals surface area (Å²) in [7, 11) is 1.69. The molecule has 0 amide bonds. The molecule has 0 saturated heterocycles. The molecule has 0 saturated carbocycles. The number of esters is 1. The zero-order valence-electron chi connectivity index (χ0n) is 11.6. The van der Waals surface area contributed by atoms with Crippen molar-refractivity contribution in [3.63, 3.8) is 0 Å². The van der Waals surface area contributed by atoms with Crippen LogP contribution in [0.25, 0.3) is 11.0 Å². The Morgan fingerprint density at radius 3 is 2.77 bits per heavy atom. The lowest BCUT2D eigenvalue weighted by molar-refractivity contribution is -0.135. The summed E-state index contributed by atoms with van der Waals surface area (Å²) in [5, 5.41) is 4.86. The van der Waals surface area contributed by atoms with E-state index in [4.69, 9.17) is 16.3 Å². The van der Waals surface area contributed by atoms with Crippen LogP contribution in [0.15, 0.2) is 41.6 Å². The van der Waals surface area contributed by atoms with Crippen LogP contribution in [-0.4, -0.2) is 25.3 Å². The third-order valence-corrected chi connectivity index (χ3v) is 3.31. The fraction of sp³-hybridized carbons (Fsp3) is 0.143. The second kappa shape index (κ2) is 5.61. The number of benzene rings is 1. The van der Waals surface area contributed by atoms with Crippen LogP contribution in [0.5, 0.6) is 5.75 Å². The SMILES string of the molecule is Cn1ncc2c(=O)n(CC(=O)Oc3ccc(Cl)cc3)cnc21. The van der Waals surface area contributed by atoms with Gasteiger partial charge in [-0.25, -0.2) is 9.78 Å². The summed E-state index contributed by atoms with van der Waals surface area (Å²) in [6.07, 6.45) is 2.72. The maximum Gasteiger partial charge on any atom is 0.331 e. The molecule has 0 fully saturated rings. The molecular weight excluding hydrogens is 308 g/mol. The number of ether oxygens (including phenoxy) is 1. The Balaban J connectivity index is 1.80. The van der Waals surface area contributed by atoms with Gasteiger partial charge in [0.05, 0.1) is 6.20 Å². The first-order chi connectivity index (χ1) is 10.5. The van der Waals surface area contributed by atoms with Crippen LogP contribution in [0.1, 0.15) is 0 Å². The average Bonchev–Trinajstić information content (AvgIpc) is 2.87. The lowest BCUT2D eigenvalue weighted by atomic mass is 10.3. The number of rotatable bonds is 3. The van der Waals surface area contributed by atoms with Gasteiger partial charge in [0, 0.05) is 12.1 Å². The normalized spacial score (nSPS) is 10.8. The summed E-state index contributed by atoms with van der Waals surface area (Å²) in [6, 6.07) is 6.37. The minimum absolute atomic E-state index is 0.237. The molecule has 0 atom stereocenters. The zero-order chi connectivity index (χ0) is 15.7. The van der Waals surface area contributed by atoms with Crippen LogP contribution in [-0.2, 0) is 18.4 Å². The van der Waals surface area contributed by atoms with Crippen LogP contribution in [0.2, 0.25) is 5.02 Å². The minimum Gasteiger partial charge on any atom is -0.425 e. The summed E-state index contributed by atoms with van der Waals surface area (Å²) < 4.78 is 7.82. The van der Waals surface area contributed by atoms with E-state index in [0.29, 0.717) is 21.8 Å². The Bertz CT molecular complexity index is 899. The van der Waals surface area contributed by atoms with E-state index in [0.717, 1.165) is 0 Å². The highest BCUT2D eigenvalue weighted by Crippen LogP contribution is 2.15. The Kier molecular flexibility index (Phi) is 3.64. The molecule has 2 aromatic heterocycles. The van der Waals surface area contributed by atoms with E-state index in [-0.39, 0.29) is 12.1 Å². The van der Waals surface area contributed by atoms with E-state index in [2.05, 4.69) is 10.1 Å². The van der Waals surface area contributed by atoms with Gasteiger partial charge in [0.1, 0.15) is 24.0 Å². The largest absolute Gasteiger partial charge is 0.425 e. The van der Waals surface area contributed by atoms with E-state index >= 15 is 0 Å². The molecule has 0 aliphatic heterocycles. The molecule has 0 aliphatic rings. The van der Waals surface area contributed by atoms with Crippen molar-refractivity contribution in [2.24, 2.45) is 7.05 Å². The van der Waals surface area contributed by atoms with Gasteiger partial charge in [-0.2, -0.15) is 5.10 Å². The maximum atomic E-state index is 12.2. The summed E-state index contributed by atoms with van der Waals surface area (Å²) in [6.45, 7) is -0.237. The zero-order valence-corrected chi connectivity index (χ0v) is 12.3. The number of hydrogen-bond acceptors (Lipinski definition) is 5. The van der Waals surface area contributed by atoms with Crippen molar-refractivity contribution < 1.29 is 9.53 Å². The van der Waals surface area contributed by atoms with Gasteiger partial charge in [0.15, 0.2) is 5.65 Å². The second-order valence-corrected chi connectivity index (χ2v) is 5.05. The first kappa shape index (κ1) is 14.3. The highest BCUT2D eigenvalue weighted by atomic mass is 35.5. The smallest absolute Gasteiger partial charge is 0.331 e. The lowest BCUT2D eigenvalue weighted by Crippen LogP contribution is -2.26. The van der Waals surface area contributed by atoms with E-state index in [9.17, 15) is 9.59 Å². The van der Waals surface area contributed by atoms with Gasteiger partial charge >= 0.3 is 5.97 Å². The van der Waals surface area contributed by atoms with Crippen molar-refractivity contribution >= 4 is 28.6 Å². The Morgan fingerprint density at radius 2 is 2.05 bits per heavy atom. The fourth-order valence-electron chi connectivity index (χ4n) is 1.98. The Morgan fingerprint density at radius 1 is 1.32 bits per heavy atom. The number of nitrogens with zero attached hydrogens (tertiary/aromatic N) is 4. The average molecular weight is 319 g/mol. The van der Waals surface area contributed by atoms with Crippen molar-refractivity contribution in [2.75, 3.05) is 0 Å². The summed E-state index contributed by atoms with van der Waals surface area (Å²) in [5.41, 5.74) is 0.124. The molecule has 3 rings (SSSR count). The van der Waals surface area contributed by atoms with Crippen molar-refractivity contribution in [1.82, 2.24) is 19.3 Å². The van der Waals surface area contributed by atoms with E-state index in [1.165, 1.54) is 21.8 Å². The fourth-order valence-corrected chi connectivity index (χ4v) is 2.11. The van der Waals surface area contributed by atoms with Gasteiger partial charge in [-0.15, -0.1) is 0 Å². The monoisotopic (exact) mass is 318 g/mol. The highest BCUT2D eigenvalue weighted by Gasteiger charge is 2.12. The number of halogens is 1. The standard InChI is InChI=1S/C14H11ClN4O3/c1-18-13-11(6-17-18)14(21)19(8-16-13)7-12(20)22-10-4-2-9(15)3-5-10/h2-6,8H,7H2,1H3. The van der Waals surface area contributed by atoms with Crippen LogP contribution in [0.3, 0.4) is 0 Å². The lowest BCUT2D eigenvalue weighted by Gasteiger charge is -2.06. The predicted octanol–water partition coefficient (Wildman–Crippen LogP) is 1.39. The molecule has 2 heterocycles. The van der Waals surface area contributed by atoms with Gasteiger partial charge in [-0.05, 0) is 24.3 Å². The van der Waals surface area contributed by atoms with Gasteiger partial charge in [-0.3, -0.25) is 14.0 Å². The first-order valence-electron chi connectivity index (χ1n) is 6.38. The third-order valence-electron chi connectivity index (χ3n) is 3.06. The van der Waals surface area contributed by atoms with Crippen LogP contribution < -0.4 is 10.3 Å². The van der Waals surface area contributed by atoms with Crippen LogP contribution >= 0.6 is 11.6 Å². The topological polar surface area (TPSA) is 79.0 Å². The number of aromatic nitrogens is 4. The molecule has 22 heavy (non-hydrogen) atoms. The molecule has 0 N–H and O–H groups in total. The molecule has 0 spiro atoms. The molecule has 7 nitrogen and oxygen atoms in total. The molecule has 0 aliphatic carbocycles. The van der Waals surface area contributed by atoms with E-state index in [1.807, 2.05) is 0 Å². The quantitative estimate of drug-likeness (QED) is 0.538. The molecule has 0 bridgehead atoms. The number of carbonyl (C=O) groups is 1. The van der Waals surface area contributed by atoms with Crippen LogP contribution in [0.4, 0.5) is 0 Å². The Labute approximate surface area is 129 Å². The van der Waals surface area contributed by atoms with E-state index in [1.54, 1.807) is 31.3 Å². The molecule has 0 radical (unpaired) electrons. The molecule has 3 aromatic rings. The number of hydrogen-bond donors (Lipinski definition) is 0. The third kappa shape index (κ3) is 2.71. The van der Waals surface area contributed by atoms with Gasteiger partial charge in [0.2, 0.25) is 0 Å². The molecule has 8 heteroatoms. The van der Waals surface area contributed by atoms with Crippen molar-refractivity contribution in [3.05, 3.63) is 52.2 Å². The maximum absolute atomic E-state index is 12.2. The van der Waals surface area contributed by atoms with Crippen molar-refractivity contribution in [2.45, 2.75) is 6.54 Å². The highest BCUT2D eigenvalue weighted by molar-refractivity contribution is 6.30. The van der Waals surface area contributed by atoms with Gasteiger partial charge in [-0.1, -0.05) is 11.6 Å². The van der Waals surface area contributed by atoms with Crippen molar-refractivity contribution in [1.29, 1.82) is 0 Å². The van der Waals surface area contributed by atoms with Gasteiger partial charge < -0.3 is 4.74 Å². The summed E-state index contributed by atoms with van der Waals surface area (Å²) in [4.78, 5) is 28.2. The molecule has 0 unspecified atom stereocenters. The van der Waals surface area contributed by atoms with Crippen LogP contribution in [0, 0.1) is 0 Å². The predicted molar refractivity (Wildman–Crippen MR) is 79.9 cm³/mol. The second-order valence-electron chi connectivity index (χ2n) is 4.61. The Hall–Kier alpha value is -2.67. The summed E-state index contributed by atoms with van der Waals surface area (Å²) in [5.74, 6) is -0.215. The van der Waals surface area contributed by atoms with Gasteiger partial charge in [0.25, 0.3) is 5.56 Å². The minimum atomic E-state index is -0.575. The van der Waals surface area contributed by atoms with Crippen molar-refractivity contribution in [3.8, 4) is 5.75 Å². The molecule has 1 aromatic carbocycles. The summed E-state index contributed by atoms with van der Waals surface area (Å²) >= 11 is 5.75. The number of fused-ring (bicyclic) bond motifs is 1. The molecular formula is C14H11ClN4O3. The van der Waals surface area contributed by atoms with E-state index < -0.39 is 5.97 Å². The first-order valence-corrected chi connectivity index (χ1v) is 6.76. The number of aryl methyl sites for hydroxylation is 1. The molecule has 112 valence electrons.